The van der Waals surface area contributed by atoms with Crippen molar-refractivity contribution in [3.8, 4) is 5.75 Å². The van der Waals surface area contributed by atoms with E-state index in [4.69, 9.17) is 14.2 Å². The number of hydrogen-bond donors (Lipinski definition) is 0. The van der Waals surface area contributed by atoms with Crippen LogP contribution in [-0.2, 0) is 14.3 Å². The maximum atomic E-state index is 11.7. The van der Waals surface area contributed by atoms with Crippen LogP contribution in [0.25, 0.3) is 0 Å². The lowest BCUT2D eigenvalue weighted by Crippen LogP contribution is -2.27. The van der Waals surface area contributed by atoms with Crippen LogP contribution >= 0.6 is 15.9 Å². The van der Waals surface area contributed by atoms with Crippen molar-refractivity contribution in [3.63, 3.8) is 0 Å². The highest BCUT2D eigenvalue weighted by molar-refractivity contribution is 9.10. The number of carbonyl (C=O) groups is 2. The first kappa shape index (κ1) is 17.5. The summed E-state index contributed by atoms with van der Waals surface area (Å²) in [4.78, 5) is 23.3. The van der Waals surface area contributed by atoms with Gasteiger partial charge in [-0.2, -0.15) is 0 Å². The van der Waals surface area contributed by atoms with Gasteiger partial charge in [-0.3, -0.25) is 0 Å². The molecule has 1 aromatic rings. The van der Waals surface area contributed by atoms with Gasteiger partial charge in [-0.1, -0.05) is 15.9 Å². The zero-order valence-corrected chi connectivity index (χ0v) is 14.4. The summed E-state index contributed by atoms with van der Waals surface area (Å²) in [6.07, 6.45) is 0. The number of halogens is 1. The van der Waals surface area contributed by atoms with Gasteiger partial charge in [-0.15, -0.1) is 0 Å². The topological polar surface area (TPSA) is 61.8 Å². The summed E-state index contributed by atoms with van der Waals surface area (Å²) in [6, 6.07) is 3.33. The van der Waals surface area contributed by atoms with Crippen LogP contribution in [-0.4, -0.2) is 31.3 Å². The third-order valence-electron chi connectivity index (χ3n) is 2.50. The average molecular weight is 359 g/mol. The summed E-state index contributed by atoms with van der Waals surface area (Å²) >= 11 is 3.30. The highest BCUT2D eigenvalue weighted by Gasteiger charge is 2.19. The molecule has 1 rings (SSSR count). The van der Waals surface area contributed by atoms with E-state index < -0.39 is 17.5 Å². The van der Waals surface area contributed by atoms with E-state index >= 15 is 0 Å². The molecule has 0 spiro atoms. The third kappa shape index (κ3) is 5.38. The smallest absolute Gasteiger partial charge is 0.344 e. The molecular weight excluding hydrogens is 340 g/mol. The Bertz CT molecular complexity index is 546. The van der Waals surface area contributed by atoms with Crippen LogP contribution in [0.4, 0.5) is 0 Å². The van der Waals surface area contributed by atoms with Crippen LogP contribution in [0.3, 0.4) is 0 Å². The maximum absolute atomic E-state index is 11.7. The fourth-order valence-corrected chi connectivity index (χ4v) is 2.07. The molecule has 0 heterocycles. The van der Waals surface area contributed by atoms with E-state index in [1.54, 1.807) is 39.8 Å². The van der Waals surface area contributed by atoms with E-state index in [1.165, 1.54) is 7.11 Å². The molecule has 0 aliphatic carbocycles. The van der Waals surface area contributed by atoms with E-state index in [1.807, 2.05) is 0 Å². The van der Waals surface area contributed by atoms with Gasteiger partial charge < -0.3 is 14.2 Å². The van der Waals surface area contributed by atoms with Crippen LogP contribution in [0.5, 0.6) is 5.75 Å². The number of rotatable bonds is 4. The predicted octanol–water partition coefficient (Wildman–Crippen LogP) is 3.26. The molecular formula is C15H19BrO5. The predicted molar refractivity (Wildman–Crippen MR) is 81.6 cm³/mol. The molecule has 0 atom stereocenters. The molecule has 21 heavy (non-hydrogen) atoms. The third-order valence-corrected chi connectivity index (χ3v) is 2.95. The molecule has 0 aliphatic heterocycles. The first-order chi connectivity index (χ1) is 9.64. The normalized spacial score (nSPS) is 11.0. The van der Waals surface area contributed by atoms with Crippen molar-refractivity contribution in [3.05, 3.63) is 27.7 Å². The standard InChI is InChI=1S/C15H19BrO5/c1-9-11(14(18)19-5)6-10(16)7-12(9)20-8-13(17)21-15(2,3)4/h6-7H,8H2,1-5H3. The number of benzene rings is 1. The second-order valence-electron chi connectivity index (χ2n) is 5.44. The van der Waals surface area contributed by atoms with E-state index in [0.29, 0.717) is 21.3 Å². The molecule has 0 aliphatic rings. The molecule has 0 radical (unpaired) electrons. The molecule has 0 unspecified atom stereocenters. The number of esters is 2. The van der Waals surface area contributed by atoms with Gasteiger partial charge in [0.05, 0.1) is 12.7 Å². The van der Waals surface area contributed by atoms with Gasteiger partial charge in [0, 0.05) is 10.0 Å². The molecule has 0 aromatic heterocycles. The molecule has 0 fully saturated rings. The van der Waals surface area contributed by atoms with Crippen molar-refractivity contribution in [2.24, 2.45) is 0 Å². The zero-order valence-electron chi connectivity index (χ0n) is 12.8. The summed E-state index contributed by atoms with van der Waals surface area (Å²) in [5.74, 6) is -0.506. The Morgan fingerprint density at radius 3 is 2.38 bits per heavy atom. The maximum Gasteiger partial charge on any atom is 0.344 e. The van der Waals surface area contributed by atoms with Crippen molar-refractivity contribution >= 4 is 27.9 Å². The van der Waals surface area contributed by atoms with Gasteiger partial charge in [0.2, 0.25) is 0 Å². The molecule has 0 bridgehead atoms. The van der Waals surface area contributed by atoms with Gasteiger partial charge in [-0.25, -0.2) is 9.59 Å². The van der Waals surface area contributed by atoms with Crippen molar-refractivity contribution in [2.75, 3.05) is 13.7 Å². The van der Waals surface area contributed by atoms with Crippen LogP contribution < -0.4 is 4.74 Å². The Kier molecular flexibility index (Phi) is 5.78. The molecule has 0 saturated heterocycles. The molecule has 1 aromatic carbocycles. The number of methoxy groups -OCH3 is 1. The SMILES string of the molecule is COC(=O)c1cc(Br)cc(OCC(=O)OC(C)(C)C)c1C. The van der Waals surface area contributed by atoms with Crippen molar-refractivity contribution < 1.29 is 23.8 Å². The van der Waals surface area contributed by atoms with Crippen LogP contribution in [0.1, 0.15) is 36.7 Å². The van der Waals surface area contributed by atoms with Gasteiger partial charge in [0.1, 0.15) is 11.4 Å². The summed E-state index contributed by atoms with van der Waals surface area (Å²) in [5.41, 5.74) is 0.420. The highest BCUT2D eigenvalue weighted by atomic mass is 79.9. The van der Waals surface area contributed by atoms with Crippen LogP contribution in [0.15, 0.2) is 16.6 Å². The van der Waals surface area contributed by atoms with Gasteiger partial charge >= 0.3 is 11.9 Å². The Morgan fingerprint density at radius 1 is 1.24 bits per heavy atom. The highest BCUT2D eigenvalue weighted by Crippen LogP contribution is 2.27. The van der Waals surface area contributed by atoms with E-state index in [0.717, 1.165) is 0 Å². The zero-order chi connectivity index (χ0) is 16.2. The van der Waals surface area contributed by atoms with Crippen molar-refractivity contribution in [1.82, 2.24) is 0 Å². The van der Waals surface area contributed by atoms with Gasteiger partial charge in [0.25, 0.3) is 0 Å². The molecule has 116 valence electrons. The Balaban J connectivity index is 2.87. The fourth-order valence-electron chi connectivity index (χ4n) is 1.63. The van der Waals surface area contributed by atoms with Crippen molar-refractivity contribution in [1.29, 1.82) is 0 Å². The van der Waals surface area contributed by atoms with E-state index in [2.05, 4.69) is 15.9 Å². The van der Waals surface area contributed by atoms with Crippen LogP contribution in [0.2, 0.25) is 0 Å². The minimum Gasteiger partial charge on any atom is -0.482 e. The molecule has 5 nitrogen and oxygen atoms in total. The molecule has 0 amide bonds. The first-order valence-electron chi connectivity index (χ1n) is 6.37. The summed E-state index contributed by atoms with van der Waals surface area (Å²) in [6.45, 7) is 6.85. The lowest BCUT2D eigenvalue weighted by atomic mass is 10.1. The molecule has 6 heteroatoms. The molecule has 0 N–H and O–H groups in total. The second kappa shape index (κ2) is 6.93. The lowest BCUT2D eigenvalue weighted by molar-refractivity contribution is -0.157. The minimum atomic E-state index is -0.566. The van der Waals surface area contributed by atoms with Gasteiger partial charge in [-0.05, 0) is 39.8 Å². The summed E-state index contributed by atoms with van der Waals surface area (Å²) in [7, 11) is 1.31. The summed E-state index contributed by atoms with van der Waals surface area (Å²) < 4.78 is 16.0. The number of ether oxygens (including phenoxy) is 3. The monoisotopic (exact) mass is 358 g/mol. The summed E-state index contributed by atoms with van der Waals surface area (Å²) in [5, 5.41) is 0. The minimum absolute atomic E-state index is 0.227. The van der Waals surface area contributed by atoms with E-state index in [-0.39, 0.29) is 6.61 Å². The van der Waals surface area contributed by atoms with E-state index in [9.17, 15) is 9.59 Å². The second-order valence-corrected chi connectivity index (χ2v) is 6.36. The lowest BCUT2D eigenvalue weighted by Gasteiger charge is -2.20. The van der Waals surface area contributed by atoms with Crippen LogP contribution in [0, 0.1) is 6.92 Å². The molecule has 0 saturated carbocycles. The van der Waals surface area contributed by atoms with Gasteiger partial charge in [0.15, 0.2) is 6.61 Å². The fraction of sp³-hybridized carbons (Fsp3) is 0.467. The number of hydrogen-bond acceptors (Lipinski definition) is 5. The first-order valence-corrected chi connectivity index (χ1v) is 7.16. The quantitative estimate of drug-likeness (QED) is 0.773. The Labute approximate surface area is 132 Å². The average Bonchev–Trinajstić information content (AvgIpc) is 2.36. The number of carbonyl (C=O) groups excluding carboxylic acids is 2. The largest absolute Gasteiger partial charge is 0.482 e. The Hall–Kier alpha value is -1.56. The Morgan fingerprint density at radius 2 is 1.86 bits per heavy atom. The van der Waals surface area contributed by atoms with Crippen molar-refractivity contribution in [2.45, 2.75) is 33.3 Å².